The van der Waals surface area contributed by atoms with Crippen LogP contribution in [0.1, 0.15) is 61.9 Å². The van der Waals surface area contributed by atoms with Gasteiger partial charge in [-0.2, -0.15) is 4.80 Å². The Morgan fingerprint density at radius 3 is 2.74 bits per heavy atom. The molecule has 6 rings (SSSR count). The number of allylic oxidation sites excluding steroid dienone is 1. The number of fused-ring (bicyclic) bond motifs is 5. The second-order valence-electron chi connectivity index (χ2n) is 9.30. The summed E-state index contributed by atoms with van der Waals surface area (Å²) >= 11 is 0. The fourth-order valence-electron chi connectivity index (χ4n) is 5.65. The third kappa shape index (κ3) is 3.79. The van der Waals surface area contributed by atoms with Crippen LogP contribution in [0.15, 0.2) is 42.5 Å². The van der Waals surface area contributed by atoms with Gasteiger partial charge in [-0.1, -0.05) is 43.5 Å². The largest absolute Gasteiger partial charge is 0.511 e. The summed E-state index contributed by atoms with van der Waals surface area (Å²) in [7, 11) is 0. The van der Waals surface area contributed by atoms with Crippen molar-refractivity contribution in [2.45, 2.75) is 57.9 Å². The van der Waals surface area contributed by atoms with E-state index in [1.54, 1.807) is 10.9 Å². The minimum atomic E-state index is -1.32. The first kappa shape index (κ1) is 21.6. The molecule has 4 aromatic rings. The zero-order valence-corrected chi connectivity index (χ0v) is 19.6. The lowest BCUT2D eigenvalue weighted by atomic mass is 9.81. The fraction of sp³-hybridized carbons (Fsp3) is 0.333. The molecule has 8 heteroatoms. The van der Waals surface area contributed by atoms with Gasteiger partial charge in [-0.15, -0.1) is 10.2 Å². The zero-order chi connectivity index (χ0) is 23.9. The van der Waals surface area contributed by atoms with Gasteiger partial charge in [-0.05, 0) is 54.2 Å². The van der Waals surface area contributed by atoms with Crippen molar-refractivity contribution in [1.29, 1.82) is 0 Å². The fourth-order valence-corrected chi connectivity index (χ4v) is 5.65. The highest BCUT2D eigenvalue weighted by molar-refractivity contribution is 5.98. The van der Waals surface area contributed by atoms with Gasteiger partial charge in [0.05, 0.1) is 17.8 Å². The minimum absolute atomic E-state index is 0.308. The lowest BCUT2D eigenvalue weighted by Gasteiger charge is -2.23. The standard InChI is InChI=1S/C27H27N5O3/c1-2-32-29-26(28-30-32)19-14-18-10-6-7-11-21(18)25-24(17-8-4-3-5-9-17)22-13-12-20(35-27(33)34)15-23(22)31(25)16-19/h6-7,10-13,15-17H,2-5,8-9,14H2,1H3,(H,33,34). The number of carbonyl (C=O) groups is 1. The Kier molecular flexibility index (Phi) is 5.36. The SMILES string of the molecule is CCn1nnc(C2=Cn3c(c(C4CCCCC4)c4ccc(OC(=O)O)cc43)-c3ccccc3C2)n1. The smallest absolute Gasteiger partial charge is 0.449 e. The molecule has 1 aliphatic heterocycles. The van der Waals surface area contributed by atoms with E-state index in [9.17, 15) is 9.90 Å². The summed E-state index contributed by atoms with van der Waals surface area (Å²) in [6.45, 7) is 2.64. The van der Waals surface area contributed by atoms with Gasteiger partial charge in [0.1, 0.15) is 5.75 Å². The van der Waals surface area contributed by atoms with Crippen LogP contribution < -0.4 is 4.74 Å². The van der Waals surface area contributed by atoms with Crippen molar-refractivity contribution in [2.75, 3.05) is 0 Å². The van der Waals surface area contributed by atoms with Crippen LogP contribution in [0.3, 0.4) is 0 Å². The molecule has 8 nitrogen and oxygen atoms in total. The predicted octanol–water partition coefficient (Wildman–Crippen LogP) is 5.97. The normalized spacial score (nSPS) is 15.9. The van der Waals surface area contributed by atoms with Crippen molar-refractivity contribution >= 4 is 28.8 Å². The van der Waals surface area contributed by atoms with E-state index in [2.05, 4.69) is 50.4 Å². The Morgan fingerprint density at radius 1 is 1.14 bits per heavy atom. The molecule has 0 spiro atoms. The molecule has 1 saturated carbocycles. The second-order valence-corrected chi connectivity index (χ2v) is 9.30. The molecule has 2 aromatic heterocycles. The number of aromatic nitrogens is 5. The molecule has 0 bridgehead atoms. The number of tetrazole rings is 1. The average Bonchev–Trinajstić information content (AvgIpc) is 3.42. The molecule has 0 radical (unpaired) electrons. The molecule has 1 aliphatic carbocycles. The van der Waals surface area contributed by atoms with Crippen molar-refractivity contribution in [2.24, 2.45) is 0 Å². The van der Waals surface area contributed by atoms with Gasteiger partial charge in [0.25, 0.3) is 0 Å². The van der Waals surface area contributed by atoms with Crippen molar-refractivity contribution < 1.29 is 14.6 Å². The topological polar surface area (TPSA) is 95.1 Å². The van der Waals surface area contributed by atoms with Crippen LogP contribution in [0.5, 0.6) is 5.75 Å². The summed E-state index contributed by atoms with van der Waals surface area (Å²) in [6, 6.07) is 14.1. The molecule has 1 fully saturated rings. The van der Waals surface area contributed by atoms with E-state index in [1.165, 1.54) is 41.6 Å². The third-order valence-corrected chi connectivity index (χ3v) is 7.19. The van der Waals surface area contributed by atoms with E-state index in [0.717, 1.165) is 29.3 Å². The monoisotopic (exact) mass is 469 g/mol. The van der Waals surface area contributed by atoms with E-state index in [0.29, 0.717) is 30.5 Å². The van der Waals surface area contributed by atoms with Gasteiger partial charge in [0, 0.05) is 35.2 Å². The molecule has 3 heterocycles. The van der Waals surface area contributed by atoms with E-state index in [-0.39, 0.29) is 0 Å². The molecular formula is C27H27N5O3. The predicted molar refractivity (Wildman–Crippen MR) is 133 cm³/mol. The van der Waals surface area contributed by atoms with E-state index < -0.39 is 6.16 Å². The second kappa shape index (κ2) is 8.69. The summed E-state index contributed by atoms with van der Waals surface area (Å²) < 4.78 is 7.24. The van der Waals surface area contributed by atoms with E-state index in [1.807, 2.05) is 19.1 Å². The van der Waals surface area contributed by atoms with Crippen LogP contribution in [0.2, 0.25) is 0 Å². The van der Waals surface area contributed by atoms with Crippen molar-refractivity contribution in [3.05, 3.63) is 59.4 Å². The van der Waals surface area contributed by atoms with Gasteiger partial charge in [-0.25, -0.2) is 4.79 Å². The highest BCUT2D eigenvalue weighted by atomic mass is 16.7. The van der Waals surface area contributed by atoms with Gasteiger partial charge in [-0.3, -0.25) is 0 Å². The number of hydrogen-bond donors (Lipinski definition) is 1. The maximum atomic E-state index is 11.3. The number of hydrogen-bond acceptors (Lipinski definition) is 5. The van der Waals surface area contributed by atoms with Gasteiger partial charge >= 0.3 is 6.16 Å². The number of carboxylic acid groups (broad SMARTS) is 1. The van der Waals surface area contributed by atoms with Gasteiger partial charge in [0.15, 0.2) is 0 Å². The molecule has 1 N–H and O–H groups in total. The molecule has 0 amide bonds. The quantitative estimate of drug-likeness (QED) is 0.292. The van der Waals surface area contributed by atoms with Crippen molar-refractivity contribution in [3.8, 4) is 17.0 Å². The maximum Gasteiger partial charge on any atom is 0.511 e. The third-order valence-electron chi connectivity index (χ3n) is 7.19. The summed E-state index contributed by atoms with van der Waals surface area (Å²) in [5.41, 5.74) is 6.82. The molecule has 0 unspecified atom stereocenters. The lowest BCUT2D eigenvalue weighted by molar-refractivity contribution is 0.144. The lowest BCUT2D eigenvalue weighted by Crippen LogP contribution is -2.06. The molecule has 35 heavy (non-hydrogen) atoms. The van der Waals surface area contributed by atoms with Gasteiger partial charge < -0.3 is 14.4 Å². The number of rotatable bonds is 4. The Balaban J connectivity index is 1.66. The summed E-state index contributed by atoms with van der Waals surface area (Å²) in [4.78, 5) is 12.9. The summed E-state index contributed by atoms with van der Waals surface area (Å²) in [6.07, 6.45) is 7.51. The highest BCUT2D eigenvalue weighted by Gasteiger charge is 2.29. The Hall–Kier alpha value is -3.94. The summed E-state index contributed by atoms with van der Waals surface area (Å²) in [5, 5.41) is 23.4. The van der Waals surface area contributed by atoms with Gasteiger partial charge in [0.2, 0.25) is 5.82 Å². The van der Waals surface area contributed by atoms with Crippen molar-refractivity contribution in [3.63, 3.8) is 0 Å². The molecule has 2 aliphatic rings. The minimum Gasteiger partial charge on any atom is -0.449 e. The zero-order valence-electron chi connectivity index (χ0n) is 19.6. The first-order chi connectivity index (χ1) is 17.1. The molecule has 0 saturated heterocycles. The number of ether oxygens (including phenoxy) is 1. The Morgan fingerprint density at radius 2 is 1.97 bits per heavy atom. The van der Waals surface area contributed by atoms with E-state index >= 15 is 0 Å². The molecule has 178 valence electrons. The number of benzene rings is 2. The molecule has 2 aromatic carbocycles. The van der Waals surface area contributed by atoms with E-state index in [4.69, 9.17) is 4.74 Å². The molecular weight excluding hydrogens is 442 g/mol. The van der Waals surface area contributed by atoms with Crippen molar-refractivity contribution in [1.82, 2.24) is 24.8 Å². The first-order valence-electron chi connectivity index (χ1n) is 12.3. The Labute approximate surface area is 202 Å². The Bertz CT molecular complexity index is 1460. The van der Waals surface area contributed by atoms with Crippen LogP contribution in [-0.4, -0.2) is 36.0 Å². The van der Waals surface area contributed by atoms with Crippen LogP contribution in [-0.2, 0) is 13.0 Å². The number of nitrogens with zero attached hydrogens (tertiary/aromatic N) is 5. The van der Waals surface area contributed by atoms with Crippen LogP contribution >= 0.6 is 0 Å². The highest BCUT2D eigenvalue weighted by Crippen LogP contribution is 2.47. The van der Waals surface area contributed by atoms with Crippen LogP contribution in [0, 0.1) is 0 Å². The molecule has 0 atom stereocenters. The van der Waals surface area contributed by atoms with Crippen LogP contribution in [0.4, 0.5) is 4.79 Å². The van der Waals surface area contributed by atoms with Crippen LogP contribution in [0.25, 0.3) is 33.9 Å². The summed E-state index contributed by atoms with van der Waals surface area (Å²) in [5.74, 6) is 1.37. The first-order valence-corrected chi connectivity index (χ1v) is 12.3. The number of aryl methyl sites for hydroxylation is 1. The maximum absolute atomic E-state index is 11.3. The average molecular weight is 470 g/mol.